The van der Waals surface area contributed by atoms with Gasteiger partial charge in [-0.1, -0.05) is 37.1 Å². The molecule has 1 fully saturated rings. The van der Waals surface area contributed by atoms with Crippen molar-refractivity contribution in [3.05, 3.63) is 59.7 Å². The first kappa shape index (κ1) is 16.9. The summed E-state index contributed by atoms with van der Waals surface area (Å²) in [5, 5.41) is 13.5. The number of aliphatic carboxylic acids is 1. The zero-order valence-corrected chi connectivity index (χ0v) is 15.2. The number of fused-ring (bicyclic) bond motifs is 3. The number of amides is 2. The topological polar surface area (TPSA) is 74.7 Å². The Morgan fingerprint density at radius 1 is 0.821 bits per heavy atom. The van der Waals surface area contributed by atoms with Crippen molar-refractivity contribution in [1.82, 2.24) is 4.90 Å². The van der Waals surface area contributed by atoms with E-state index in [4.69, 9.17) is 0 Å². The molecule has 5 rings (SSSR count). The van der Waals surface area contributed by atoms with Crippen LogP contribution < -0.4 is 0 Å². The van der Waals surface area contributed by atoms with Gasteiger partial charge in [0.25, 0.3) is 11.8 Å². The number of hydrogen-bond acceptors (Lipinski definition) is 3. The molecule has 0 spiro atoms. The summed E-state index contributed by atoms with van der Waals surface area (Å²) in [5.74, 6) is -2.35. The number of imide groups is 1. The van der Waals surface area contributed by atoms with Gasteiger partial charge in [-0.3, -0.25) is 19.3 Å². The predicted octanol–water partition coefficient (Wildman–Crippen LogP) is 4.23. The third kappa shape index (κ3) is 2.43. The number of carboxylic acids is 1. The highest BCUT2D eigenvalue weighted by Crippen LogP contribution is 2.36. The second-order valence-corrected chi connectivity index (χ2v) is 7.72. The molecule has 5 heteroatoms. The lowest BCUT2D eigenvalue weighted by molar-refractivity contribution is -0.144. The second kappa shape index (κ2) is 6.16. The lowest BCUT2D eigenvalue weighted by Gasteiger charge is -2.34. The molecule has 0 bridgehead atoms. The molecule has 2 aliphatic rings. The fourth-order valence-electron chi connectivity index (χ4n) is 4.71. The van der Waals surface area contributed by atoms with Gasteiger partial charge in [-0.2, -0.15) is 0 Å². The first-order chi connectivity index (χ1) is 13.5. The number of carbonyl (C=O) groups is 3. The molecule has 3 aromatic carbocycles. The van der Waals surface area contributed by atoms with E-state index in [2.05, 4.69) is 0 Å². The normalized spacial score (nSPS) is 22.1. The Labute approximate surface area is 161 Å². The van der Waals surface area contributed by atoms with Gasteiger partial charge < -0.3 is 5.11 Å². The highest BCUT2D eigenvalue weighted by molar-refractivity contribution is 6.23. The number of rotatable bonds is 2. The van der Waals surface area contributed by atoms with Crippen LogP contribution in [0.25, 0.3) is 21.5 Å². The van der Waals surface area contributed by atoms with E-state index in [1.165, 1.54) is 4.90 Å². The minimum Gasteiger partial charge on any atom is -0.481 e. The molecule has 5 nitrogen and oxygen atoms in total. The third-order valence-electron chi connectivity index (χ3n) is 6.12. The van der Waals surface area contributed by atoms with E-state index in [0.717, 1.165) is 34.4 Å². The lowest BCUT2D eigenvalue weighted by atomic mass is 9.83. The van der Waals surface area contributed by atoms with E-state index in [-0.39, 0.29) is 11.8 Å². The zero-order chi connectivity index (χ0) is 19.4. The van der Waals surface area contributed by atoms with Crippen LogP contribution in [-0.2, 0) is 4.79 Å². The van der Waals surface area contributed by atoms with E-state index in [9.17, 15) is 19.5 Å². The Balaban J connectivity index is 1.62. The Hall–Kier alpha value is -3.21. The monoisotopic (exact) mass is 373 g/mol. The largest absolute Gasteiger partial charge is 0.481 e. The fraction of sp³-hybridized carbons (Fsp3) is 0.261. The highest BCUT2D eigenvalue weighted by atomic mass is 16.4. The van der Waals surface area contributed by atoms with E-state index >= 15 is 0 Å². The van der Waals surface area contributed by atoms with Gasteiger partial charge in [0, 0.05) is 0 Å². The Kier molecular flexibility index (Phi) is 3.72. The molecule has 1 aliphatic carbocycles. The van der Waals surface area contributed by atoms with Crippen molar-refractivity contribution in [2.24, 2.45) is 5.92 Å². The van der Waals surface area contributed by atoms with Crippen molar-refractivity contribution >= 4 is 39.3 Å². The van der Waals surface area contributed by atoms with Crippen molar-refractivity contribution in [1.29, 1.82) is 0 Å². The average molecular weight is 373 g/mol. The van der Waals surface area contributed by atoms with Gasteiger partial charge in [-0.15, -0.1) is 0 Å². The fourth-order valence-corrected chi connectivity index (χ4v) is 4.71. The minimum atomic E-state index is -0.933. The van der Waals surface area contributed by atoms with Crippen LogP contribution in [0.5, 0.6) is 0 Å². The van der Waals surface area contributed by atoms with Gasteiger partial charge in [0.1, 0.15) is 0 Å². The van der Waals surface area contributed by atoms with E-state index < -0.39 is 17.9 Å². The number of carboxylic acid groups (broad SMARTS) is 1. The summed E-state index contributed by atoms with van der Waals surface area (Å²) in [5.41, 5.74) is 0.755. The van der Waals surface area contributed by atoms with Crippen LogP contribution in [-0.4, -0.2) is 33.8 Å². The van der Waals surface area contributed by atoms with Gasteiger partial charge in [0.15, 0.2) is 0 Å². The third-order valence-corrected chi connectivity index (χ3v) is 6.12. The van der Waals surface area contributed by atoms with Crippen LogP contribution in [0.1, 0.15) is 46.4 Å². The number of benzene rings is 3. The first-order valence-electron chi connectivity index (χ1n) is 9.62. The molecule has 3 aromatic rings. The number of carbonyl (C=O) groups excluding carboxylic acids is 2. The van der Waals surface area contributed by atoms with Crippen LogP contribution in [0.4, 0.5) is 0 Å². The van der Waals surface area contributed by atoms with Crippen molar-refractivity contribution in [2.75, 3.05) is 0 Å². The van der Waals surface area contributed by atoms with E-state index in [1.54, 1.807) is 12.1 Å². The summed E-state index contributed by atoms with van der Waals surface area (Å²) in [4.78, 5) is 39.1. The van der Waals surface area contributed by atoms with Crippen LogP contribution in [0.2, 0.25) is 0 Å². The lowest BCUT2D eigenvalue weighted by Crippen LogP contribution is -2.48. The smallest absolute Gasteiger partial charge is 0.308 e. The maximum atomic E-state index is 13.1. The van der Waals surface area contributed by atoms with E-state index in [1.807, 2.05) is 36.4 Å². The molecular weight excluding hydrogens is 354 g/mol. The molecule has 140 valence electrons. The summed E-state index contributed by atoms with van der Waals surface area (Å²) >= 11 is 0. The number of hydrogen-bond donors (Lipinski definition) is 1. The summed E-state index contributed by atoms with van der Waals surface area (Å²) in [6, 6.07) is 15.0. The molecule has 1 aliphatic heterocycles. The van der Waals surface area contributed by atoms with Crippen molar-refractivity contribution in [2.45, 2.75) is 31.7 Å². The molecule has 1 heterocycles. The quantitative estimate of drug-likeness (QED) is 0.539. The van der Waals surface area contributed by atoms with E-state index in [0.29, 0.717) is 24.0 Å². The maximum Gasteiger partial charge on any atom is 0.308 e. The molecule has 0 saturated heterocycles. The van der Waals surface area contributed by atoms with Gasteiger partial charge in [0.2, 0.25) is 0 Å². The molecular formula is C23H19NO4. The molecule has 28 heavy (non-hydrogen) atoms. The molecule has 2 amide bonds. The maximum absolute atomic E-state index is 13.1. The molecule has 0 radical (unpaired) electrons. The SMILES string of the molecule is O=C(O)[C@H]1CCCC[C@@H]1N1C(=O)c2cc3cc4ccccc4cc3cc2C1=O. The standard InChI is InChI=1S/C23H19NO4/c25-21-18-11-15-9-13-5-1-2-6-14(13)10-16(15)12-19(18)22(26)24(21)20-8-4-3-7-17(20)23(27)28/h1-2,5-6,9-12,17,20H,3-4,7-8H2,(H,27,28)/t17-,20-/m0/s1. The van der Waals surface area contributed by atoms with Gasteiger partial charge >= 0.3 is 5.97 Å². The zero-order valence-electron chi connectivity index (χ0n) is 15.2. The molecule has 2 atom stereocenters. The average Bonchev–Trinajstić information content (AvgIpc) is 2.94. The summed E-state index contributed by atoms with van der Waals surface area (Å²) in [6.07, 6.45) is 2.69. The summed E-state index contributed by atoms with van der Waals surface area (Å²) in [6.45, 7) is 0. The Bertz CT molecular complexity index is 1090. The first-order valence-corrected chi connectivity index (χ1v) is 9.62. The van der Waals surface area contributed by atoms with Crippen LogP contribution in [0.3, 0.4) is 0 Å². The Morgan fingerprint density at radius 2 is 1.36 bits per heavy atom. The van der Waals surface area contributed by atoms with Crippen LogP contribution >= 0.6 is 0 Å². The molecule has 1 saturated carbocycles. The van der Waals surface area contributed by atoms with Crippen LogP contribution in [0, 0.1) is 5.92 Å². The predicted molar refractivity (Wildman–Crippen MR) is 105 cm³/mol. The Morgan fingerprint density at radius 3 is 1.89 bits per heavy atom. The van der Waals surface area contributed by atoms with Crippen molar-refractivity contribution in [3.8, 4) is 0 Å². The molecule has 0 aromatic heterocycles. The van der Waals surface area contributed by atoms with Gasteiger partial charge in [0.05, 0.1) is 23.1 Å². The van der Waals surface area contributed by atoms with Gasteiger partial charge in [-0.25, -0.2) is 0 Å². The summed E-state index contributed by atoms with van der Waals surface area (Å²) < 4.78 is 0. The van der Waals surface area contributed by atoms with Crippen molar-refractivity contribution < 1.29 is 19.5 Å². The summed E-state index contributed by atoms with van der Waals surface area (Å²) in [7, 11) is 0. The highest BCUT2D eigenvalue weighted by Gasteiger charge is 2.45. The molecule has 1 N–H and O–H groups in total. The second-order valence-electron chi connectivity index (χ2n) is 7.72. The molecule has 0 unspecified atom stereocenters. The minimum absolute atomic E-state index is 0.367. The number of nitrogens with zero attached hydrogens (tertiary/aromatic N) is 1. The van der Waals surface area contributed by atoms with Crippen LogP contribution in [0.15, 0.2) is 48.5 Å². The van der Waals surface area contributed by atoms with Gasteiger partial charge in [-0.05, 0) is 58.7 Å². The van der Waals surface area contributed by atoms with Crippen molar-refractivity contribution in [3.63, 3.8) is 0 Å².